The van der Waals surface area contributed by atoms with Crippen molar-refractivity contribution in [2.45, 2.75) is 166 Å². The summed E-state index contributed by atoms with van der Waals surface area (Å²) in [4.78, 5) is 57.9. The fraction of sp³-hybridized carbons (Fsp3) is 0.865. The summed E-state index contributed by atoms with van der Waals surface area (Å²) in [5.41, 5.74) is -2.37. The fourth-order valence-electron chi connectivity index (χ4n) is 5.84. The Morgan fingerprint density at radius 3 is 1.70 bits per heavy atom. The highest BCUT2D eigenvalue weighted by molar-refractivity contribution is 5.79. The minimum Gasteiger partial charge on any atom is -0.481 e. The smallest absolute Gasteiger partial charge is 0.312 e. The first kappa shape index (κ1) is 42.4. The quantitative estimate of drug-likeness (QED) is 0.173. The minimum atomic E-state index is -0.959. The molecular formula is C37H64O10. The maximum absolute atomic E-state index is 12.6. The van der Waals surface area contributed by atoms with Crippen LogP contribution in [0.1, 0.15) is 142 Å². The second kappa shape index (κ2) is 15.7. The molecule has 0 aromatic rings. The minimum absolute atomic E-state index is 0.0461. The Labute approximate surface area is 283 Å². The molecule has 6 atom stereocenters. The summed E-state index contributed by atoms with van der Waals surface area (Å²) in [5.74, 6) is -0.939. The number of rotatable bonds is 11. The summed E-state index contributed by atoms with van der Waals surface area (Å²) in [6, 6.07) is 0. The summed E-state index contributed by atoms with van der Waals surface area (Å²) in [6.45, 7) is 28.5. The van der Waals surface area contributed by atoms with Crippen molar-refractivity contribution >= 4 is 29.8 Å². The zero-order valence-electron chi connectivity index (χ0n) is 31.8. The van der Waals surface area contributed by atoms with E-state index in [1.807, 2.05) is 69.2 Å². The molecule has 1 heterocycles. The number of carbonyl (C=O) groups is 5. The van der Waals surface area contributed by atoms with E-state index in [1.54, 1.807) is 20.8 Å². The molecule has 47 heavy (non-hydrogen) atoms. The molecule has 3 aliphatic rings. The maximum atomic E-state index is 12.6. The lowest BCUT2D eigenvalue weighted by atomic mass is 9.72. The zero-order valence-corrected chi connectivity index (χ0v) is 31.8. The number of ether oxygens (including phenoxy) is 4. The van der Waals surface area contributed by atoms with Gasteiger partial charge in [-0.25, -0.2) is 0 Å². The van der Waals surface area contributed by atoms with Crippen LogP contribution in [-0.2, 0) is 42.9 Å². The molecule has 1 saturated heterocycles. The van der Waals surface area contributed by atoms with Crippen LogP contribution in [0.15, 0.2) is 0 Å². The maximum Gasteiger partial charge on any atom is 0.312 e. The lowest BCUT2D eigenvalue weighted by Gasteiger charge is -2.44. The fourth-order valence-corrected chi connectivity index (χ4v) is 5.84. The second-order valence-electron chi connectivity index (χ2n) is 16.7. The number of carboxylic acid groups (broad SMARTS) is 1. The van der Waals surface area contributed by atoms with Crippen LogP contribution < -0.4 is 0 Å². The highest BCUT2D eigenvalue weighted by Crippen LogP contribution is 2.63. The van der Waals surface area contributed by atoms with Crippen molar-refractivity contribution in [3.8, 4) is 0 Å². The molecule has 6 unspecified atom stereocenters. The molecular weight excluding hydrogens is 604 g/mol. The highest BCUT2D eigenvalue weighted by atomic mass is 16.6. The molecule has 272 valence electrons. The molecule has 2 aliphatic carbocycles. The average Bonchev–Trinajstić information content (AvgIpc) is 3.57. The van der Waals surface area contributed by atoms with Crippen molar-refractivity contribution in [2.24, 2.45) is 39.9 Å². The van der Waals surface area contributed by atoms with Crippen LogP contribution in [-0.4, -0.2) is 58.4 Å². The molecule has 0 aromatic carbocycles. The zero-order chi connectivity index (χ0) is 36.9. The third kappa shape index (κ3) is 10.4. The second-order valence-corrected chi connectivity index (χ2v) is 16.7. The van der Waals surface area contributed by atoms with Crippen LogP contribution in [0.5, 0.6) is 0 Å². The summed E-state index contributed by atoms with van der Waals surface area (Å²) in [5, 5.41) is 8.47. The van der Waals surface area contributed by atoms with Gasteiger partial charge in [0.05, 0.1) is 28.6 Å². The van der Waals surface area contributed by atoms with E-state index in [4.69, 9.17) is 24.1 Å². The number of hydrogen-bond acceptors (Lipinski definition) is 9. The molecule has 3 rings (SSSR count). The Morgan fingerprint density at radius 1 is 0.809 bits per heavy atom. The van der Waals surface area contributed by atoms with Crippen LogP contribution in [0.3, 0.4) is 0 Å². The third-order valence-electron chi connectivity index (χ3n) is 10.3. The van der Waals surface area contributed by atoms with E-state index in [-0.39, 0.29) is 71.1 Å². The first-order valence-corrected chi connectivity index (χ1v) is 17.3. The van der Waals surface area contributed by atoms with Gasteiger partial charge in [-0.05, 0) is 107 Å². The van der Waals surface area contributed by atoms with E-state index in [0.29, 0.717) is 6.42 Å². The van der Waals surface area contributed by atoms with E-state index < -0.39 is 28.5 Å². The topological polar surface area (TPSA) is 143 Å². The Morgan fingerprint density at radius 2 is 1.28 bits per heavy atom. The van der Waals surface area contributed by atoms with Gasteiger partial charge in [0.1, 0.15) is 17.8 Å². The van der Waals surface area contributed by atoms with Crippen molar-refractivity contribution in [3.05, 3.63) is 0 Å². The van der Waals surface area contributed by atoms with Gasteiger partial charge in [-0.15, -0.1) is 0 Å². The van der Waals surface area contributed by atoms with E-state index in [9.17, 15) is 24.0 Å². The van der Waals surface area contributed by atoms with Gasteiger partial charge >= 0.3 is 29.8 Å². The Kier molecular flexibility index (Phi) is 14.2. The lowest BCUT2D eigenvalue weighted by molar-refractivity contribution is -0.201. The number of carbonyl (C=O) groups excluding carboxylic acids is 4. The largest absolute Gasteiger partial charge is 0.481 e. The SMILES string of the molecule is CCC(C)(C)C(=O)OC(C)(C)C.CCC(C)(C)C(=O)OC(C)CC(=O)O.CCC(C)(C)C(=O)OC1(C(C)C)C2CC3C(=O)OC1C3C2. The van der Waals surface area contributed by atoms with Gasteiger partial charge in [0.25, 0.3) is 0 Å². The summed E-state index contributed by atoms with van der Waals surface area (Å²) < 4.78 is 22.0. The van der Waals surface area contributed by atoms with Crippen LogP contribution in [0.25, 0.3) is 0 Å². The molecule has 0 aromatic heterocycles. The molecule has 2 bridgehead atoms. The van der Waals surface area contributed by atoms with Crippen molar-refractivity contribution in [3.63, 3.8) is 0 Å². The number of esters is 4. The van der Waals surface area contributed by atoms with E-state index in [2.05, 4.69) is 13.8 Å². The Bertz CT molecular complexity index is 1130. The third-order valence-corrected chi connectivity index (χ3v) is 10.3. The van der Waals surface area contributed by atoms with E-state index in [0.717, 1.165) is 25.7 Å². The van der Waals surface area contributed by atoms with Crippen LogP contribution >= 0.6 is 0 Å². The molecule has 10 heteroatoms. The molecule has 1 N–H and O–H groups in total. The van der Waals surface area contributed by atoms with Gasteiger partial charge < -0.3 is 24.1 Å². The molecule has 0 radical (unpaired) electrons. The van der Waals surface area contributed by atoms with Crippen molar-refractivity contribution in [1.82, 2.24) is 0 Å². The molecule has 3 fully saturated rings. The predicted octanol–water partition coefficient (Wildman–Crippen LogP) is 7.54. The Hall–Kier alpha value is -2.65. The number of hydrogen-bond donors (Lipinski definition) is 1. The van der Waals surface area contributed by atoms with Gasteiger partial charge in [-0.1, -0.05) is 34.6 Å². The normalized spacial score (nSPS) is 25.5. The lowest BCUT2D eigenvalue weighted by Crippen LogP contribution is -2.55. The predicted molar refractivity (Wildman–Crippen MR) is 179 cm³/mol. The van der Waals surface area contributed by atoms with Gasteiger partial charge in [0.15, 0.2) is 5.60 Å². The summed E-state index contributed by atoms with van der Waals surface area (Å²) in [6.07, 6.45) is 3.05. The standard InChI is InChI=1S/C17H26O4.C10H18O4.C10H20O2/c1-6-16(4,5)15(19)21-17(9(2)3)10-7-11-12(8-10)14(18)20-13(11)17;1-5-10(3,4)9(13)14-7(2)6-8(11)12;1-7-10(5,6)8(11)12-9(2,3)4/h9-13H,6-8H2,1-5H3;7H,5-6H2,1-4H3,(H,11,12);7H2,1-6H3. The number of aliphatic carboxylic acids is 1. The molecule has 0 amide bonds. The van der Waals surface area contributed by atoms with Crippen molar-refractivity contribution in [1.29, 1.82) is 0 Å². The molecule has 10 nitrogen and oxygen atoms in total. The van der Waals surface area contributed by atoms with Gasteiger partial charge in [0.2, 0.25) is 0 Å². The van der Waals surface area contributed by atoms with Gasteiger partial charge in [-0.3, -0.25) is 24.0 Å². The number of carboxylic acids is 1. The van der Waals surface area contributed by atoms with Crippen LogP contribution in [0.4, 0.5) is 0 Å². The van der Waals surface area contributed by atoms with Gasteiger partial charge in [-0.2, -0.15) is 0 Å². The summed E-state index contributed by atoms with van der Waals surface area (Å²) in [7, 11) is 0. The van der Waals surface area contributed by atoms with E-state index >= 15 is 0 Å². The highest BCUT2D eigenvalue weighted by Gasteiger charge is 2.72. The molecule has 0 spiro atoms. The van der Waals surface area contributed by atoms with Gasteiger partial charge in [0, 0.05) is 11.8 Å². The summed E-state index contributed by atoms with van der Waals surface area (Å²) >= 11 is 0. The monoisotopic (exact) mass is 668 g/mol. The first-order valence-electron chi connectivity index (χ1n) is 17.3. The average molecular weight is 669 g/mol. The van der Waals surface area contributed by atoms with Crippen molar-refractivity contribution in [2.75, 3.05) is 0 Å². The van der Waals surface area contributed by atoms with Crippen LogP contribution in [0.2, 0.25) is 0 Å². The van der Waals surface area contributed by atoms with Crippen LogP contribution in [0, 0.1) is 39.9 Å². The Balaban J connectivity index is 0.000000374. The number of fused-ring (bicyclic) bond motifs is 1. The first-order chi connectivity index (χ1) is 21.2. The molecule has 1 aliphatic heterocycles. The van der Waals surface area contributed by atoms with Crippen molar-refractivity contribution < 1.29 is 48.0 Å². The molecule has 2 saturated carbocycles. The van der Waals surface area contributed by atoms with E-state index in [1.165, 1.54) is 0 Å².